The Kier molecular flexibility index (Phi) is 6.13. The Hall–Kier alpha value is -1.82. The molecule has 6 heteroatoms. The molecule has 1 aromatic carbocycles. The van der Waals surface area contributed by atoms with Crippen molar-refractivity contribution in [2.45, 2.75) is 51.0 Å². The summed E-state index contributed by atoms with van der Waals surface area (Å²) >= 11 is 0. The fourth-order valence-electron chi connectivity index (χ4n) is 3.27. The Morgan fingerprint density at radius 1 is 1.24 bits per heavy atom. The predicted molar refractivity (Wildman–Crippen MR) is 94.3 cm³/mol. The van der Waals surface area contributed by atoms with E-state index in [9.17, 15) is 14.3 Å². The van der Waals surface area contributed by atoms with E-state index < -0.39 is 5.82 Å². The molecule has 25 heavy (non-hydrogen) atoms. The third-order valence-corrected chi connectivity index (χ3v) is 4.86. The Morgan fingerprint density at radius 3 is 2.68 bits per heavy atom. The minimum absolute atomic E-state index is 0.0886. The average Bonchev–Trinajstić information content (AvgIpc) is 3.42. The first-order valence-electron chi connectivity index (χ1n) is 9.28. The molecule has 5 nitrogen and oxygen atoms in total. The lowest BCUT2D eigenvalue weighted by Crippen LogP contribution is -2.38. The van der Waals surface area contributed by atoms with Crippen molar-refractivity contribution in [3.63, 3.8) is 0 Å². The number of ether oxygens (including phenoxy) is 1. The van der Waals surface area contributed by atoms with Crippen molar-refractivity contribution in [1.29, 1.82) is 0 Å². The van der Waals surface area contributed by atoms with Crippen LogP contribution in [-0.2, 0) is 0 Å². The Labute approximate surface area is 148 Å². The Morgan fingerprint density at radius 2 is 2.00 bits per heavy atom. The van der Waals surface area contributed by atoms with Crippen molar-refractivity contribution >= 4 is 11.7 Å². The highest BCUT2D eigenvalue weighted by Gasteiger charge is 2.27. The van der Waals surface area contributed by atoms with Crippen LogP contribution in [0.5, 0.6) is 5.75 Å². The number of aliphatic hydroxyl groups excluding tert-OH is 1. The normalized spacial score (nSPS) is 18.0. The SMILES string of the molecule is O=C(Nc1cc(F)ccc1OC1CCCCC1)N(CCO)CC1CC1. The van der Waals surface area contributed by atoms with Crippen molar-refractivity contribution in [3.8, 4) is 5.75 Å². The van der Waals surface area contributed by atoms with Gasteiger partial charge >= 0.3 is 6.03 Å². The van der Waals surface area contributed by atoms with E-state index in [1.165, 1.54) is 18.6 Å². The highest BCUT2D eigenvalue weighted by Crippen LogP contribution is 2.32. The summed E-state index contributed by atoms with van der Waals surface area (Å²) in [5.41, 5.74) is 0.356. The zero-order valence-corrected chi connectivity index (χ0v) is 14.5. The number of benzene rings is 1. The van der Waals surface area contributed by atoms with Crippen LogP contribution in [-0.4, -0.2) is 41.8 Å². The van der Waals surface area contributed by atoms with Crippen LogP contribution in [0.25, 0.3) is 0 Å². The predicted octanol–water partition coefficient (Wildman–Crippen LogP) is 3.77. The van der Waals surface area contributed by atoms with Crippen molar-refractivity contribution < 1.29 is 19.0 Å². The maximum absolute atomic E-state index is 13.7. The molecule has 3 rings (SSSR count). The van der Waals surface area contributed by atoms with E-state index in [1.807, 2.05) is 0 Å². The molecule has 2 N–H and O–H groups in total. The summed E-state index contributed by atoms with van der Waals surface area (Å²) in [4.78, 5) is 14.1. The molecule has 2 amide bonds. The quantitative estimate of drug-likeness (QED) is 0.787. The van der Waals surface area contributed by atoms with Gasteiger partial charge in [0, 0.05) is 19.2 Å². The fraction of sp³-hybridized carbons (Fsp3) is 0.632. The molecule has 2 aliphatic rings. The average molecular weight is 350 g/mol. The minimum atomic E-state index is -0.415. The van der Waals surface area contributed by atoms with Crippen molar-refractivity contribution in [3.05, 3.63) is 24.0 Å². The van der Waals surface area contributed by atoms with Crippen LogP contribution in [0.4, 0.5) is 14.9 Å². The molecule has 2 aliphatic carbocycles. The second-order valence-corrected chi connectivity index (χ2v) is 7.06. The summed E-state index contributed by atoms with van der Waals surface area (Å²) in [7, 11) is 0. The number of hydrogen-bond acceptors (Lipinski definition) is 3. The van der Waals surface area contributed by atoms with Gasteiger partial charge in [-0.2, -0.15) is 0 Å². The number of carbonyl (C=O) groups is 1. The number of aliphatic hydroxyl groups is 1. The number of halogens is 1. The first kappa shape index (κ1) is 18.0. The first-order chi connectivity index (χ1) is 12.2. The maximum atomic E-state index is 13.7. The molecular weight excluding hydrogens is 323 g/mol. The molecule has 0 spiro atoms. The van der Waals surface area contributed by atoms with Crippen LogP contribution in [0.2, 0.25) is 0 Å². The highest BCUT2D eigenvalue weighted by atomic mass is 19.1. The number of carbonyl (C=O) groups excluding carboxylic acids is 1. The van der Waals surface area contributed by atoms with Gasteiger partial charge in [-0.05, 0) is 56.6 Å². The molecule has 0 aromatic heterocycles. The second-order valence-electron chi connectivity index (χ2n) is 7.06. The van der Waals surface area contributed by atoms with E-state index in [0.717, 1.165) is 38.5 Å². The summed E-state index contributed by atoms with van der Waals surface area (Å²) in [5, 5.41) is 12.0. The zero-order valence-electron chi connectivity index (χ0n) is 14.5. The third-order valence-electron chi connectivity index (χ3n) is 4.86. The lowest BCUT2D eigenvalue weighted by atomic mass is 9.98. The standard InChI is InChI=1S/C19H27FN2O3/c20-15-8-9-18(25-16-4-2-1-3-5-16)17(12-15)21-19(24)22(10-11-23)13-14-6-7-14/h8-9,12,14,16,23H,1-7,10-11,13H2,(H,21,24). The molecule has 0 bridgehead atoms. The number of anilines is 1. The van der Waals surface area contributed by atoms with Gasteiger partial charge in [0.1, 0.15) is 11.6 Å². The van der Waals surface area contributed by atoms with Crippen LogP contribution in [0.15, 0.2) is 18.2 Å². The number of nitrogens with one attached hydrogen (secondary N) is 1. The molecule has 0 saturated heterocycles. The number of rotatable bonds is 7. The maximum Gasteiger partial charge on any atom is 0.322 e. The Balaban J connectivity index is 1.68. The van der Waals surface area contributed by atoms with E-state index in [2.05, 4.69) is 5.32 Å². The number of urea groups is 1. The summed E-state index contributed by atoms with van der Waals surface area (Å²) in [6, 6.07) is 3.91. The summed E-state index contributed by atoms with van der Waals surface area (Å²) in [5.74, 6) is 0.613. The van der Waals surface area contributed by atoms with Crippen molar-refractivity contribution in [2.24, 2.45) is 5.92 Å². The molecule has 1 aromatic rings. The summed E-state index contributed by atoms with van der Waals surface area (Å²) in [6.07, 6.45) is 7.83. The topological polar surface area (TPSA) is 61.8 Å². The van der Waals surface area contributed by atoms with Gasteiger partial charge in [-0.15, -0.1) is 0 Å². The van der Waals surface area contributed by atoms with Crippen molar-refractivity contribution in [1.82, 2.24) is 4.90 Å². The second kappa shape index (κ2) is 8.52. The van der Waals surface area contributed by atoms with Gasteiger partial charge in [-0.3, -0.25) is 0 Å². The van der Waals surface area contributed by atoms with Gasteiger partial charge in [0.2, 0.25) is 0 Å². The molecule has 2 fully saturated rings. The van der Waals surface area contributed by atoms with Gasteiger partial charge in [-0.25, -0.2) is 9.18 Å². The van der Waals surface area contributed by atoms with Crippen molar-refractivity contribution in [2.75, 3.05) is 25.0 Å². The molecule has 0 radical (unpaired) electrons. The highest BCUT2D eigenvalue weighted by molar-refractivity contribution is 5.91. The van der Waals surface area contributed by atoms with E-state index in [4.69, 9.17) is 4.74 Å². The molecular formula is C19H27FN2O3. The third kappa shape index (κ3) is 5.33. The van der Waals surface area contributed by atoms with Crippen LogP contribution < -0.4 is 10.1 Å². The fourth-order valence-corrected chi connectivity index (χ4v) is 3.27. The number of amides is 2. The molecule has 0 unspecified atom stereocenters. The van der Waals surface area contributed by atoms with Gasteiger partial charge in [-0.1, -0.05) is 6.42 Å². The lowest BCUT2D eigenvalue weighted by molar-refractivity contribution is 0.155. The first-order valence-corrected chi connectivity index (χ1v) is 9.28. The number of nitrogens with zero attached hydrogens (tertiary/aromatic N) is 1. The monoisotopic (exact) mass is 350 g/mol. The molecule has 0 heterocycles. The summed E-state index contributed by atoms with van der Waals surface area (Å²) < 4.78 is 19.7. The van der Waals surface area contributed by atoms with E-state index in [-0.39, 0.29) is 25.3 Å². The smallest absolute Gasteiger partial charge is 0.322 e. The van der Waals surface area contributed by atoms with E-state index in [1.54, 1.807) is 11.0 Å². The molecule has 0 aliphatic heterocycles. The van der Waals surface area contributed by atoms with E-state index >= 15 is 0 Å². The summed E-state index contributed by atoms with van der Waals surface area (Å²) in [6.45, 7) is 0.811. The molecule has 2 saturated carbocycles. The largest absolute Gasteiger partial charge is 0.488 e. The van der Waals surface area contributed by atoms with E-state index in [0.29, 0.717) is 23.9 Å². The minimum Gasteiger partial charge on any atom is -0.488 e. The van der Waals surface area contributed by atoms with Gasteiger partial charge < -0.3 is 20.1 Å². The molecule has 138 valence electrons. The van der Waals surface area contributed by atoms with Crippen LogP contribution in [0, 0.1) is 11.7 Å². The van der Waals surface area contributed by atoms with Gasteiger partial charge in [0.25, 0.3) is 0 Å². The van der Waals surface area contributed by atoms with Gasteiger partial charge in [0.05, 0.1) is 18.4 Å². The molecule has 0 atom stereocenters. The zero-order chi connectivity index (χ0) is 17.6. The van der Waals surface area contributed by atoms with Gasteiger partial charge in [0.15, 0.2) is 0 Å². The van der Waals surface area contributed by atoms with Crippen LogP contribution in [0.1, 0.15) is 44.9 Å². The lowest BCUT2D eigenvalue weighted by Gasteiger charge is -2.26. The van der Waals surface area contributed by atoms with Crippen LogP contribution in [0.3, 0.4) is 0 Å². The number of hydrogen-bond donors (Lipinski definition) is 2. The van der Waals surface area contributed by atoms with Crippen LogP contribution >= 0.6 is 0 Å². The Bertz CT molecular complexity index is 586.